The second-order valence-corrected chi connectivity index (χ2v) is 4.65. The Morgan fingerprint density at radius 3 is 2.65 bits per heavy atom. The Labute approximate surface area is 133 Å². The number of aryl methyl sites for hydroxylation is 1. The van der Waals surface area contributed by atoms with Crippen LogP contribution in [0.2, 0.25) is 0 Å². The minimum absolute atomic E-state index is 0.246. The fourth-order valence-corrected chi connectivity index (χ4v) is 1.90. The summed E-state index contributed by atoms with van der Waals surface area (Å²) in [5.74, 6) is 3.80. The predicted molar refractivity (Wildman–Crippen MR) is 79.1 cm³/mol. The fourth-order valence-electron chi connectivity index (χ4n) is 1.90. The van der Waals surface area contributed by atoms with Gasteiger partial charge in [-0.15, -0.1) is 0 Å². The van der Waals surface area contributed by atoms with Crippen LogP contribution in [0.4, 0.5) is 18.0 Å². The minimum Gasteiger partial charge on any atom is -0.497 e. The molecule has 0 atom stereocenters. The Morgan fingerprint density at radius 2 is 2.04 bits per heavy atom. The first-order valence-corrected chi connectivity index (χ1v) is 6.88. The van der Waals surface area contributed by atoms with Crippen LogP contribution in [0.15, 0.2) is 24.3 Å². The zero-order valence-corrected chi connectivity index (χ0v) is 12.9. The third kappa shape index (κ3) is 7.45. The Bertz CT molecular complexity index is 576. The highest BCUT2D eigenvalue weighted by Gasteiger charge is 2.23. The van der Waals surface area contributed by atoms with Gasteiger partial charge < -0.3 is 9.47 Å². The molecule has 0 N–H and O–H groups in total. The zero-order valence-electron chi connectivity index (χ0n) is 12.9. The normalized spacial score (nSPS) is 10.5. The van der Waals surface area contributed by atoms with E-state index in [0.717, 1.165) is 22.1 Å². The van der Waals surface area contributed by atoms with Crippen LogP contribution < -0.4 is 4.74 Å². The van der Waals surface area contributed by atoms with Gasteiger partial charge in [-0.1, -0.05) is 18.1 Å². The minimum atomic E-state index is -4.57. The number of nitrogens with zero attached hydrogens (tertiary/aromatic N) is 1. The predicted octanol–water partition coefficient (Wildman–Crippen LogP) is 3.26. The molecule has 1 rings (SSSR count). The van der Waals surface area contributed by atoms with Crippen LogP contribution in [0, 0.1) is 11.8 Å². The molecule has 0 saturated heterocycles. The van der Waals surface area contributed by atoms with E-state index in [1.807, 2.05) is 30.2 Å². The van der Waals surface area contributed by atoms with Gasteiger partial charge in [-0.3, -0.25) is 4.90 Å². The Balaban J connectivity index is 2.56. The van der Waals surface area contributed by atoms with E-state index in [4.69, 9.17) is 4.74 Å². The molecule has 0 aliphatic heterocycles. The molecule has 0 aliphatic carbocycles. The number of benzene rings is 1. The molecule has 0 aliphatic rings. The highest BCUT2D eigenvalue weighted by atomic mass is 19.4. The molecule has 0 spiro atoms. The van der Waals surface area contributed by atoms with Crippen molar-refractivity contribution in [2.75, 3.05) is 27.3 Å². The summed E-state index contributed by atoms with van der Waals surface area (Å²) >= 11 is 0. The van der Waals surface area contributed by atoms with Crippen LogP contribution >= 0.6 is 0 Å². The first kappa shape index (κ1) is 18.7. The van der Waals surface area contributed by atoms with Crippen molar-refractivity contribution in [2.24, 2.45) is 0 Å². The summed E-state index contributed by atoms with van der Waals surface area (Å²) in [6.07, 6.45) is -4.05. The summed E-state index contributed by atoms with van der Waals surface area (Å²) < 4.78 is 45.7. The van der Waals surface area contributed by atoms with E-state index < -0.39 is 12.3 Å². The number of carbonyl (C=O) groups excluding carboxylic acids is 1. The number of hydrogen-bond donors (Lipinski definition) is 0. The van der Waals surface area contributed by atoms with Crippen LogP contribution in [0.3, 0.4) is 0 Å². The average molecular weight is 329 g/mol. The lowest BCUT2D eigenvalue weighted by atomic mass is 10.1. The largest absolute Gasteiger partial charge is 0.497 e. The van der Waals surface area contributed by atoms with Gasteiger partial charge in [0.2, 0.25) is 0 Å². The second kappa shape index (κ2) is 8.93. The van der Waals surface area contributed by atoms with Gasteiger partial charge >= 0.3 is 12.3 Å². The van der Waals surface area contributed by atoms with E-state index in [2.05, 4.69) is 4.74 Å². The Kier molecular flexibility index (Phi) is 7.26. The van der Waals surface area contributed by atoms with Crippen LogP contribution in [-0.4, -0.2) is 44.5 Å². The van der Waals surface area contributed by atoms with Gasteiger partial charge in [0, 0.05) is 12.5 Å². The lowest BCUT2D eigenvalue weighted by Crippen LogP contribution is -2.32. The molecule has 0 unspecified atom stereocenters. The molecule has 23 heavy (non-hydrogen) atoms. The van der Waals surface area contributed by atoms with Crippen molar-refractivity contribution in [3.8, 4) is 17.6 Å². The SMILES string of the molecule is COC(=O)N(CC#CC(F)(F)F)CCCc1cccc(OC)c1. The number of alkyl halides is 3. The summed E-state index contributed by atoms with van der Waals surface area (Å²) in [7, 11) is 2.74. The molecule has 7 heteroatoms. The molecule has 4 nitrogen and oxygen atoms in total. The first-order valence-electron chi connectivity index (χ1n) is 6.88. The summed E-state index contributed by atoms with van der Waals surface area (Å²) in [6, 6.07) is 7.44. The van der Waals surface area contributed by atoms with Gasteiger partial charge in [-0.25, -0.2) is 4.79 Å². The average Bonchev–Trinajstić information content (AvgIpc) is 2.51. The maximum atomic E-state index is 12.0. The number of rotatable bonds is 6. The smallest absolute Gasteiger partial charge is 0.457 e. The summed E-state index contributed by atoms with van der Waals surface area (Å²) in [5, 5.41) is 0. The van der Waals surface area contributed by atoms with Crippen LogP contribution in [0.25, 0.3) is 0 Å². The van der Waals surface area contributed by atoms with E-state index in [0.29, 0.717) is 12.8 Å². The molecule has 0 radical (unpaired) electrons. The number of hydrogen-bond acceptors (Lipinski definition) is 3. The third-order valence-corrected chi connectivity index (χ3v) is 2.96. The molecule has 1 aromatic carbocycles. The molecule has 1 aromatic rings. The Hall–Kier alpha value is -2.36. The van der Waals surface area contributed by atoms with Gasteiger partial charge in [0.1, 0.15) is 5.75 Å². The van der Waals surface area contributed by atoms with Crippen LogP contribution in [-0.2, 0) is 11.2 Å². The Morgan fingerprint density at radius 1 is 1.30 bits per heavy atom. The maximum Gasteiger partial charge on any atom is 0.457 e. The van der Waals surface area contributed by atoms with Gasteiger partial charge in [-0.05, 0) is 30.5 Å². The molecule has 0 fully saturated rings. The number of amides is 1. The van der Waals surface area contributed by atoms with E-state index >= 15 is 0 Å². The van der Waals surface area contributed by atoms with Crippen molar-refractivity contribution >= 4 is 6.09 Å². The number of halogens is 3. The quantitative estimate of drug-likeness (QED) is 0.752. The van der Waals surface area contributed by atoms with E-state index in [1.54, 1.807) is 7.11 Å². The van der Waals surface area contributed by atoms with Crippen LogP contribution in [0.1, 0.15) is 12.0 Å². The molecule has 126 valence electrons. The molecule has 0 heterocycles. The van der Waals surface area contributed by atoms with E-state index in [-0.39, 0.29) is 13.1 Å². The zero-order chi connectivity index (χ0) is 17.3. The van der Waals surface area contributed by atoms with Crippen LogP contribution in [0.5, 0.6) is 5.75 Å². The van der Waals surface area contributed by atoms with Crippen molar-refractivity contribution in [3.63, 3.8) is 0 Å². The number of ether oxygens (including phenoxy) is 2. The van der Waals surface area contributed by atoms with Crippen molar-refractivity contribution in [1.29, 1.82) is 0 Å². The van der Waals surface area contributed by atoms with Crippen molar-refractivity contribution in [2.45, 2.75) is 19.0 Å². The second-order valence-electron chi connectivity index (χ2n) is 4.65. The van der Waals surface area contributed by atoms with E-state index in [1.165, 1.54) is 7.11 Å². The summed E-state index contributed by atoms with van der Waals surface area (Å²) in [4.78, 5) is 12.7. The van der Waals surface area contributed by atoms with Gasteiger partial charge in [0.05, 0.1) is 20.8 Å². The number of methoxy groups -OCH3 is 2. The highest BCUT2D eigenvalue weighted by Crippen LogP contribution is 2.14. The standard InChI is InChI=1S/C16H18F3NO3/c1-22-14-8-3-6-13(12-14)7-4-10-20(15(21)23-2)11-5-9-16(17,18)19/h3,6,8,12H,4,7,10-11H2,1-2H3. The highest BCUT2D eigenvalue weighted by molar-refractivity contribution is 5.67. The summed E-state index contributed by atoms with van der Waals surface area (Å²) in [6.45, 7) is -0.0826. The van der Waals surface area contributed by atoms with Crippen molar-refractivity contribution < 1.29 is 27.4 Å². The molecule has 0 aromatic heterocycles. The maximum absolute atomic E-state index is 12.0. The monoisotopic (exact) mass is 329 g/mol. The lowest BCUT2D eigenvalue weighted by molar-refractivity contribution is -0.0698. The van der Waals surface area contributed by atoms with Crippen molar-refractivity contribution in [3.05, 3.63) is 29.8 Å². The number of carbonyl (C=O) groups is 1. The molecular weight excluding hydrogens is 311 g/mol. The van der Waals surface area contributed by atoms with E-state index in [9.17, 15) is 18.0 Å². The molecule has 1 amide bonds. The summed E-state index contributed by atoms with van der Waals surface area (Å²) in [5.41, 5.74) is 1.01. The third-order valence-electron chi connectivity index (χ3n) is 2.96. The van der Waals surface area contributed by atoms with Gasteiger partial charge in [0.25, 0.3) is 0 Å². The van der Waals surface area contributed by atoms with Gasteiger partial charge in [0.15, 0.2) is 0 Å². The molecular formula is C16H18F3NO3. The topological polar surface area (TPSA) is 38.8 Å². The first-order chi connectivity index (χ1) is 10.9. The fraction of sp³-hybridized carbons (Fsp3) is 0.438. The molecule has 0 saturated carbocycles. The lowest BCUT2D eigenvalue weighted by Gasteiger charge is -2.18. The molecule has 0 bridgehead atoms. The van der Waals surface area contributed by atoms with Crippen molar-refractivity contribution in [1.82, 2.24) is 4.90 Å². The van der Waals surface area contributed by atoms with Gasteiger partial charge in [-0.2, -0.15) is 13.2 Å².